The van der Waals surface area contributed by atoms with Crippen LogP contribution in [0.5, 0.6) is 0 Å². The van der Waals surface area contributed by atoms with Gasteiger partial charge >= 0.3 is 12.2 Å². The highest BCUT2D eigenvalue weighted by molar-refractivity contribution is 9.10. The zero-order chi connectivity index (χ0) is 34.8. The Morgan fingerprint density at radius 3 is 2.58 bits per heavy atom. The average Bonchev–Trinajstić information content (AvgIpc) is 3.32. The number of carbonyl (C=O) groups excluding carboxylic acids is 3. The number of amidine groups is 1. The number of aliphatic imine (C=N–C) groups is 1. The van der Waals surface area contributed by atoms with Gasteiger partial charge in [0.15, 0.2) is 5.69 Å². The van der Waals surface area contributed by atoms with Crippen molar-refractivity contribution in [2.24, 2.45) is 4.99 Å². The highest BCUT2D eigenvalue weighted by atomic mass is 79.9. The van der Waals surface area contributed by atoms with E-state index in [1.54, 1.807) is 40.0 Å². The summed E-state index contributed by atoms with van der Waals surface area (Å²) >= 11 is 4.09. The fourth-order valence-electron chi connectivity index (χ4n) is 5.01. The Labute approximate surface area is 291 Å². The summed E-state index contributed by atoms with van der Waals surface area (Å²) in [5, 5.41) is 16.7. The van der Waals surface area contributed by atoms with E-state index in [0.717, 1.165) is 29.5 Å². The maximum Gasteiger partial charge on any atom is 0.412 e. The van der Waals surface area contributed by atoms with Crippen LogP contribution in [-0.4, -0.2) is 77.8 Å². The normalized spacial score (nSPS) is 15.9. The van der Waals surface area contributed by atoms with Gasteiger partial charge in [0.1, 0.15) is 39.9 Å². The number of nitrogens with one attached hydrogen (secondary N) is 4. The van der Waals surface area contributed by atoms with E-state index in [9.17, 15) is 14.4 Å². The summed E-state index contributed by atoms with van der Waals surface area (Å²) < 4.78 is 26.0. The number of halogens is 2. The second-order valence-corrected chi connectivity index (χ2v) is 13.8. The molecule has 2 aromatic carbocycles. The van der Waals surface area contributed by atoms with Crippen LogP contribution < -0.4 is 16.0 Å². The van der Waals surface area contributed by atoms with Gasteiger partial charge in [0.25, 0.3) is 5.91 Å². The van der Waals surface area contributed by atoms with E-state index < -0.39 is 35.6 Å². The lowest BCUT2D eigenvalue weighted by molar-refractivity contribution is 0.0636. The third-order valence-corrected chi connectivity index (χ3v) is 8.80. The van der Waals surface area contributed by atoms with E-state index in [1.807, 2.05) is 35.2 Å². The van der Waals surface area contributed by atoms with Crippen molar-refractivity contribution in [3.8, 4) is 10.6 Å². The van der Waals surface area contributed by atoms with Crippen LogP contribution in [0.4, 0.5) is 19.0 Å². The first kappa shape index (κ1) is 36.5. The van der Waals surface area contributed by atoms with Crippen molar-refractivity contribution in [2.45, 2.75) is 64.3 Å². The molecule has 4 rings (SSSR count). The molecule has 2 unspecified atom stereocenters. The number of likely N-dealkylation sites (tertiary alicyclic amines) is 1. The molecule has 3 amide bonds. The third kappa shape index (κ3) is 10.1. The Bertz CT molecular complexity index is 1650. The lowest BCUT2D eigenvalue weighted by atomic mass is 10.1. The number of hydrogen-bond donors (Lipinski definition) is 4. The summed E-state index contributed by atoms with van der Waals surface area (Å²) in [4.78, 5) is 49.6. The standard InChI is InChI=1S/C33H39BrFN7O5S/c1-33(2,3)47-32(45)41-30-26(40-29(48-30)22-13-8-14-23(34)25(22)35)28(43)39-24(18-36)27(37-4)42-16-9-12-21(15-17-42)38-31(44)46-19-20-10-6-5-7-11-20/h5-8,10-11,13-14,18,21,24,36H,9,12,15-17,19H2,1-4H3,(H,38,44)(H,39,43)(H,41,45). The van der Waals surface area contributed by atoms with Crippen molar-refractivity contribution in [1.29, 1.82) is 5.41 Å². The number of ether oxygens (including phenoxy) is 2. The van der Waals surface area contributed by atoms with Gasteiger partial charge in [0.05, 0.1) is 4.47 Å². The number of carbonyl (C=O) groups is 3. The molecule has 0 spiro atoms. The Balaban J connectivity index is 1.46. The molecule has 2 heterocycles. The lowest BCUT2D eigenvalue weighted by Crippen LogP contribution is -2.50. The minimum atomic E-state index is -0.940. The number of anilines is 1. The van der Waals surface area contributed by atoms with Crippen molar-refractivity contribution in [2.75, 3.05) is 25.5 Å². The Hall–Kier alpha value is -4.37. The van der Waals surface area contributed by atoms with Crippen LogP contribution in [0.3, 0.4) is 0 Å². The average molecular weight is 745 g/mol. The highest BCUT2D eigenvalue weighted by Crippen LogP contribution is 2.36. The van der Waals surface area contributed by atoms with E-state index in [0.29, 0.717) is 31.8 Å². The monoisotopic (exact) mass is 743 g/mol. The molecule has 1 aliphatic heterocycles. The maximum atomic E-state index is 15.0. The van der Waals surface area contributed by atoms with Gasteiger partial charge in [-0.05, 0) is 73.7 Å². The Morgan fingerprint density at radius 2 is 1.90 bits per heavy atom. The molecule has 256 valence electrons. The lowest BCUT2D eigenvalue weighted by Gasteiger charge is -2.28. The molecular formula is C33H39BrFN7O5S. The van der Waals surface area contributed by atoms with E-state index in [1.165, 1.54) is 6.07 Å². The zero-order valence-electron chi connectivity index (χ0n) is 27.1. The minimum absolute atomic E-state index is 0.0534. The van der Waals surface area contributed by atoms with Gasteiger partial charge in [-0.25, -0.2) is 19.0 Å². The van der Waals surface area contributed by atoms with Crippen molar-refractivity contribution < 1.29 is 28.2 Å². The molecule has 1 saturated heterocycles. The number of aromatic nitrogens is 1. The summed E-state index contributed by atoms with van der Waals surface area (Å²) in [5.74, 6) is -0.830. The van der Waals surface area contributed by atoms with Crippen LogP contribution in [0.1, 0.15) is 56.1 Å². The Kier molecular flexibility index (Phi) is 12.6. The number of benzene rings is 2. The van der Waals surface area contributed by atoms with Gasteiger partial charge in [0.2, 0.25) is 0 Å². The number of alkyl carbamates (subject to hydrolysis) is 1. The first-order valence-corrected chi connectivity index (χ1v) is 16.9. The molecule has 1 fully saturated rings. The predicted molar refractivity (Wildman–Crippen MR) is 187 cm³/mol. The molecule has 2 atom stereocenters. The smallest absolute Gasteiger partial charge is 0.412 e. The maximum absolute atomic E-state index is 15.0. The van der Waals surface area contributed by atoms with Crippen LogP contribution in [-0.2, 0) is 16.1 Å². The number of rotatable bonds is 9. The van der Waals surface area contributed by atoms with Gasteiger partial charge in [-0.15, -0.1) is 0 Å². The molecule has 1 aromatic heterocycles. The van der Waals surface area contributed by atoms with E-state index in [-0.39, 0.29) is 38.4 Å². The summed E-state index contributed by atoms with van der Waals surface area (Å²) in [7, 11) is 1.58. The summed E-state index contributed by atoms with van der Waals surface area (Å²) in [6, 6.07) is 13.1. The molecule has 15 heteroatoms. The number of nitrogens with zero attached hydrogens (tertiary/aromatic N) is 3. The quantitative estimate of drug-likeness (QED) is 0.142. The molecule has 0 radical (unpaired) electrons. The van der Waals surface area contributed by atoms with Crippen LogP contribution >= 0.6 is 27.3 Å². The molecule has 0 saturated carbocycles. The van der Waals surface area contributed by atoms with Gasteiger partial charge in [0, 0.05) is 38.0 Å². The summed E-state index contributed by atoms with van der Waals surface area (Å²) in [6.45, 7) is 6.37. The topological polar surface area (TPSA) is 158 Å². The van der Waals surface area contributed by atoms with Gasteiger partial charge in [-0.2, -0.15) is 0 Å². The Morgan fingerprint density at radius 1 is 1.15 bits per heavy atom. The van der Waals surface area contributed by atoms with Crippen molar-refractivity contribution in [1.82, 2.24) is 20.5 Å². The third-order valence-electron chi connectivity index (χ3n) is 7.19. The van der Waals surface area contributed by atoms with Crippen molar-refractivity contribution >= 4 is 62.4 Å². The molecule has 12 nitrogen and oxygen atoms in total. The minimum Gasteiger partial charge on any atom is -0.445 e. The first-order valence-electron chi connectivity index (χ1n) is 15.3. The second kappa shape index (κ2) is 16.6. The number of amides is 3. The molecule has 4 N–H and O–H groups in total. The molecule has 1 aliphatic rings. The van der Waals surface area contributed by atoms with Crippen LogP contribution in [0.25, 0.3) is 10.6 Å². The van der Waals surface area contributed by atoms with Crippen LogP contribution in [0, 0.1) is 11.2 Å². The molecule has 3 aromatic rings. The highest BCUT2D eigenvalue weighted by Gasteiger charge is 2.29. The van der Waals surface area contributed by atoms with E-state index in [2.05, 4.69) is 41.9 Å². The van der Waals surface area contributed by atoms with Crippen molar-refractivity contribution in [3.05, 3.63) is 70.1 Å². The SMILES string of the molecule is CN=C(C(C=N)NC(=O)c1nc(-c2cccc(Br)c2F)sc1NC(=O)OC(C)(C)C)N1CCCC(NC(=O)OCc2ccccc2)CC1. The van der Waals surface area contributed by atoms with E-state index in [4.69, 9.17) is 14.9 Å². The number of hydrogen-bond acceptors (Lipinski definition) is 9. The zero-order valence-corrected chi connectivity index (χ0v) is 29.5. The summed E-state index contributed by atoms with van der Waals surface area (Å²) in [6.07, 6.45) is 1.78. The molecular weight excluding hydrogens is 705 g/mol. The first-order chi connectivity index (χ1) is 22.9. The molecule has 0 bridgehead atoms. The largest absolute Gasteiger partial charge is 0.445 e. The summed E-state index contributed by atoms with van der Waals surface area (Å²) in [5.41, 5.74) is 0.0526. The van der Waals surface area contributed by atoms with E-state index >= 15 is 4.39 Å². The van der Waals surface area contributed by atoms with Gasteiger partial charge < -0.3 is 30.4 Å². The second-order valence-electron chi connectivity index (χ2n) is 11.9. The van der Waals surface area contributed by atoms with Crippen molar-refractivity contribution in [3.63, 3.8) is 0 Å². The van der Waals surface area contributed by atoms with Gasteiger partial charge in [-0.1, -0.05) is 47.7 Å². The molecule has 48 heavy (non-hydrogen) atoms. The van der Waals surface area contributed by atoms with Gasteiger partial charge in [-0.3, -0.25) is 15.1 Å². The predicted octanol–water partition coefficient (Wildman–Crippen LogP) is 6.62. The fraction of sp³-hybridized carbons (Fsp3) is 0.394. The number of thiazole rings is 1. The van der Waals surface area contributed by atoms with Crippen LogP contribution in [0.2, 0.25) is 0 Å². The van der Waals surface area contributed by atoms with Crippen LogP contribution in [0.15, 0.2) is 58.0 Å². The fourth-order valence-corrected chi connectivity index (χ4v) is 6.34. The molecule has 0 aliphatic carbocycles.